The Morgan fingerprint density at radius 2 is 2.22 bits per heavy atom. The maximum atomic E-state index is 12.1. The molecule has 2 aromatic rings. The van der Waals surface area contributed by atoms with E-state index in [1.807, 2.05) is 25.1 Å². The summed E-state index contributed by atoms with van der Waals surface area (Å²) in [6, 6.07) is 7.28. The summed E-state index contributed by atoms with van der Waals surface area (Å²) in [6.45, 7) is 2.35. The minimum absolute atomic E-state index is 0.115. The second kappa shape index (κ2) is 5.23. The van der Waals surface area contributed by atoms with Crippen LogP contribution in [0.2, 0.25) is 5.22 Å². The van der Waals surface area contributed by atoms with Crippen LogP contribution in [0, 0.1) is 6.92 Å². The molecule has 1 amide bonds. The van der Waals surface area contributed by atoms with Crippen molar-refractivity contribution in [3.63, 3.8) is 0 Å². The quantitative estimate of drug-likeness (QED) is 0.856. The lowest BCUT2D eigenvalue weighted by atomic mass is 10.2. The van der Waals surface area contributed by atoms with Crippen molar-refractivity contribution in [3.8, 4) is 0 Å². The molecule has 0 saturated heterocycles. The Morgan fingerprint density at radius 3 is 2.83 bits per heavy atom. The Labute approximate surface area is 110 Å². The molecule has 18 heavy (non-hydrogen) atoms. The van der Waals surface area contributed by atoms with Crippen LogP contribution in [0.4, 0.5) is 0 Å². The zero-order chi connectivity index (χ0) is 13.1. The van der Waals surface area contributed by atoms with Gasteiger partial charge in [0.25, 0.3) is 5.91 Å². The first-order chi connectivity index (χ1) is 8.58. The van der Waals surface area contributed by atoms with Crippen molar-refractivity contribution in [3.05, 3.63) is 52.7 Å². The highest BCUT2D eigenvalue weighted by Gasteiger charge is 2.17. The van der Waals surface area contributed by atoms with Crippen LogP contribution >= 0.6 is 11.6 Å². The third-order valence-electron chi connectivity index (χ3n) is 2.54. The number of nitrogens with zero attached hydrogens (tertiary/aromatic N) is 2. The van der Waals surface area contributed by atoms with Gasteiger partial charge in [-0.3, -0.25) is 9.78 Å². The van der Waals surface area contributed by atoms with Crippen molar-refractivity contribution < 1.29 is 9.21 Å². The highest BCUT2D eigenvalue weighted by molar-refractivity contribution is 6.32. The normalized spacial score (nSPS) is 10.4. The Balaban J connectivity index is 2.11. The van der Waals surface area contributed by atoms with E-state index in [4.69, 9.17) is 16.0 Å². The summed E-state index contributed by atoms with van der Waals surface area (Å²) in [4.78, 5) is 18.0. The number of furan rings is 1. The lowest BCUT2D eigenvalue weighted by Crippen LogP contribution is -2.26. The zero-order valence-electron chi connectivity index (χ0n) is 10.2. The molecule has 5 heteroatoms. The molecular weight excluding hydrogens is 252 g/mol. The molecule has 0 radical (unpaired) electrons. The van der Waals surface area contributed by atoms with E-state index in [1.54, 1.807) is 18.0 Å². The van der Waals surface area contributed by atoms with Crippen LogP contribution in [0.15, 0.2) is 34.9 Å². The number of halogens is 1. The average Bonchev–Trinajstić information content (AvgIpc) is 2.74. The fourth-order valence-electron chi connectivity index (χ4n) is 1.65. The van der Waals surface area contributed by atoms with Crippen molar-refractivity contribution in [1.82, 2.24) is 9.88 Å². The second-order valence-corrected chi connectivity index (χ2v) is 4.38. The number of hydrogen-bond donors (Lipinski definition) is 0. The van der Waals surface area contributed by atoms with Gasteiger partial charge in [0.15, 0.2) is 0 Å². The Kier molecular flexibility index (Phi) is 3.67. The average molecular weight is 265 g/mol. The largest absolute Gasteiger partial charge is 0.452 e. The van der Waals surface area contributed by atoms with Gasteiger partial charge in [0, 0.05) is 12.7 Å². The summed E-state index contributed by atoms with van der Waals surface area (Å²) >= 11 is 5.78. The molecule has 0 aliphatic rings. The van der Waals surface area contributed by atoms with Crippen molar-refractivity contribution in [2.75, 3.05) is 7.05 Å². The van der Waals surface area contributed by atoms with E-state index in [0.717, 1.165) is 11.4 Å². The molecule has 0 aliphatic heterocycles. The number of carbonyl (C=O) groups is 1. The van der Waals surface area contributed by atoms with Gasteiger partial charge in [0.05, 0.1) is 24.1 Å². The van der Waals surface area contributed by atoms with Gasteiger partial charge in [0.2, 0.25) is 5.22 Å². The predicted octanol–water partition coefficient (Wildman–Crippen LogP) is 2.91. The molecule has 0 bridgehead atoms. The van der Waals surface area contributed by atoms with Gasteiger partial charge in [-0.05, 0) is 36.7 Å². The van der Waals surface area contributed by atoms with E-state index in [0.29, 0.717) is 12.1 Å². The molecule has 94 valence electrons. The molecule has 0 fully saturated rings. The smallest absolute Gasteiger partial charge is 0.258 e. The zero-order valence-corrected chi connectivity index (χ0v) is 10.9. The number of aryl methyl sites for hydroxylation is 1. The standard InChI is InChI=1S/C13H13ClN2O2/c1-9-4-3-5-10(15-9)8-16(2)13(17)11-6-7-18-12(11)14/h3-7H,8H2,1-2H3. The monoisotopic (exact) mass is 264 g/mol. The first-order valence-electron chi connectivity index (χ1n) is 5.49. The molecule has 2 aromatic heterocycles. The van der Waals surface area contributed by atoms with Gasteiger partial charge in [-0.25, -0.2) is 0 Å². The fraction of sp³-hybridized carbons (Fsp3) is 0.231. The summed E-state index contributed by atoms with van der Waals surface area (Å²) < 4.78 is 4.91. The number of hydrogen-bond acceptors (Lipinski definition) is 3. The predicted molar refractivity (Wildman–Crippen MR) is 68.5 cm³/mol. The highest BCUT2D eigenvalue weighted by Crippen LogP contribution is 2.18. The summed E-state index contributed by atoms with van der Waals surface area (Å²) in [6.07, 6.45) is 1.40. The summed E-state index contributed by atoms with van der Waals surface area (Å²) in [5.74, 6) is -0.183. The Bertz CT molecular complexity index is 566. The van der Waals surface area contributed by atoms with E-state index >= 15 is 0 Å². The molecular formula is C13H13ClN2O2. The van der Waals surface area contributed by atoms with Crippen molar-refractivity contribution >= 4 is 17.5 Å². The van der Waals surface area contributed by atoms with Gasteiger partial charge in [-0.15, -0.1) is 0 Å². The van der Waals surface area contributed by atoms with Crippen LogP contribution in [0.25, 0.3) is 0 Å². The Hall–Kier alpha value is -1.81. The minimum Gasteiger partial charge on any atom is -0.452 e. The molecule has 0 N–H and O–H groups in total. The van der Waals surface area contributed by atoms with Crippen LogP contribution in [-0.2, 0) is 6.54 Å². The van der Waals surface area contributed by atoms with Crippen LogP contribution in [0.3, 0.4) is 0 Å². The van der Waals surface area contributed by atoms with Gasteiger partial charge >= 0.3 is 0 Å². The number of aromatic nitrogens is 1. The third-order valence-corrected chi connectivity index (χ3v) is 2.83. The SMILES string of the molecule is Cc1cccc(CN(C)C(=O)c2ccoc2Cl)n1. The number of pyridine rings is 1. The number of carbonyl (C=O) groups excluding carboxylic acids is 1. The Morgan fingerprint density at radius 1 is 1.44 bits per heavy atom. The van der Waals surface area contributed by atoms with Crippen LogP contribution in [0.5, 0.6) is 0 Å². The van der Waals surface area contributed by atoms with E-state index in [9.17, 15) is 4.79 Å². The second-order valence-electron chi connectivity index (χ2n) is 4.04. The van der Waals surface area contributed by atoms with Crippen LogP contribution < -0.4 is 0 Å². The maximum absolute atomic E-state index is 12.1. The molecule has 2 heterocycles. The van der Waals surface area contributed by atoms with Gasteiger partial charge in [0.1, 0.15) is 0 Å². The maximum Gasteiger partial charge on any atom is 0.258 e. The minimum atomic E-state index is -0.183. The molecule has 4 nitrogen and oxygen atoms in total. The van der Waals surface area contributed by atoms with Crippen molar-refractivity contribution in [1.29, 1.82) is 0 Å². The summed E-state index contributed by atoms with van der Waals surface area (Å²) in [7, 11) is 1.70. The van der Waals surface area contributed by atoms with E-state index < -0.39 is 0 Å². The van der Waals surface area contributed by atoms with Gasteiger partial charge in [-0.2, -0.15) is 0 Å². The van der Waals surface area contributed by atoms with Gasteiger partial charge < -0.3 is 9.32 Å². The summed E-state index contributed by atoms with van der Waals surface area (Å²) in [5, 5.41) is 0.115. The summed E-state index contributed by atoms with van der Waals surface area (Å²) in [5.41, 5.74) is 2.13. The molecule has 2 rings (SSSR count). The molecule has 0 unspecified atom stereocenters. The van der Waals surface area contributed by atoms with E-state index in [1.165, 1.54) is 6.26 Å². The van der Waals surface area contributed by atoms with E-state index in [-0.39, 0.29) is 11.1 Å². The first kappa shape index (κ1) is 12.6. The van der Waals surface area contributed by atoms with Crippen molar-refractivity contribution in [2.45, 2.75) is 13.5 Å². The van der Waals surface area contributed by atoms with Gasteiger partial charge in [-0.1, -0.05) is 6.07 Å². The first-order valence-corrected chi connectivity index (χ1v) is 5.86. The number of rotatable bonds is 3. The fourth-order valence-corrected chi connectivity index (χ4v) is 1.85. The highest BCUT2D eigenvalue weighted by atomic mass is 35.5. The molecule has 0 aromatic carbocycles. The number of amides is 1. The molecule has 0 saturated carbocycles. The lowest BCUT2D eigenvalue weighted by Gasteiger charge is -2.16. The van der Waals surface area contributed by atoms with E-state index in [2.05, 4.69) is 4.98 Å². The van der Waals surface area contributed by atoms with Crippen LogP contribution in [0.1, 0.15) is 21.7 Å². The van der Waals surface area contributed by atoms with Crippen molar-refractivity contribution in [2.24, 2.45) is 0 Å². The third kappa shape index (κ3) is 2.71. The topological polar surface area (TPSA) is 46.3 Å². The lowest BCUT2D eigenvalue weighted by molar-refractivity contribution is 0.0783. The molecule has 0 atom stereocenters. The molecule has 0 spiro atoms. The van der Waals surface area contributed by atoms with Crippen LogP contribution in [-0.4, -0.2) is 22.8 Å². The molecule has 0 aliphatic carbocycles.